The van der Waals surface area contributed by atoms with E-state index in [-0.39, 0.29) is 12.1 Å². The molecule has 22 heavy (non-hydrogen) atoms. The molecule has 0 radical (unpaired) electrons. The van der Waals surface area contributed by atoms with Crippen molar-refractivity contribution in [3.05, 3.63) is 48.0 Å². The minimum absolute atomic E-state index is 0.174. The van der Waals surface area contributed by atoms with E-state index in [2.05, 4.69) is 15.4 Å². The van der Waals surface area contributed by atoms with E-state index in [9.17, 15) is 4.79 Å². The quantitative estimate of drug-likeness (QED) is 0.874. The molecule has 0 aromatic carbocycles. The van der Waals surface area contributed by atoms with Gasteiger partial charge in [0.25, 0.3) is 0 Å². The van der Waals surface area contributed by atoms with Gasteiger partial charge >= 0.3 is 6.03 Å². The van der Waals surface area contributed by atoms with Crippen LogP contribution in [0.1, 0.15) is 17.3 Å². The van der Waals surface area contributed by atoms with Crippen LogP contribution in [0.2, 0.25) is 0 Å². The number of methoxy groups -OCH3 is 1. The Hall–Kier alpha value is -2.41. The molecule has 7 heteroatoms. The van der Waals surface area contributed by atoms with Crippen LogP contribution in [0.5, 0.6) is 0 Å². The van der Waals surface area contributed by atoms with Crippen molar-refractivity contribution in [2.75, 3.05) is 20.8 Å². The Kier molecular flexibility index (Phi) is 5.48. The summed E-state index contributed by atoms with van der Waals surface area (Å²) in [6, 6.07) is 5.23. The second-order valence-corrected chi connectivity index (χ2v) is 5.05. The zero-order valence-electron chi connectivity index (χ0n) is 13.1. The Morgan fingerprint density at radius 3 is 2.86 bits per heavy atom. The molecule has 0 bridgehead atoms. The number of carbonyl (C=O) groups is 1. The molecule has 2 amide bonds. The van der Waals surface area contributed by atoms with Gasteiger partial charge in [0.05, 0.1) is 18.3 Å². The van der Waals surface area contributed by atoms with Crippen molar-refractivity contribution in [2.45, 2.75) is 12.6 Å². The van der Waals surface area contributed by atoms with Gasteiger partial charge in [0, 0.05) is 46.3 Å². The fourth-order valence-electron chi connectivity index (χ4n) is 2.19. The zero-order chi connectivity index (χ0) is 15.9. The zero-order valence-corrected chi connectivity index (χ0v) is 13.1. The molecule has 0 unspecified atom stereocenters. The topological polar surface area (TPSA) is 72.3 Å². The highest BCUT2D eigenvalue weighted by Gasteiger charge is 2.19. The maximum Gasteiger partial charge on any atom is 0.318 e. The average Bonchev–Trinajstić information content (AvgIpc) is 2.93. The molecule has 7 nitrogen and oxygen atoms in total. The van der Waals surface area contributed by atoms with E-state index in [0.717, 1.165) is 11.3 Å². The van der Waals surface area contributed by atoms with Gasteiger partial charge in [-0.15, -0.1) is 0 Å². The third-order valence-corrected chi connectivity index (χ3v) is 3.34. The minimum atomic E-state index is -0.249. The highest BCUT2D eigenvalue weighted by atomic mass is 16.5. The number of nitrogens with zero attached hydrogens (tertiary/aromatic N) is 4. The van der Waals surface area contributed by atoms with Gasteiger partial charge in [0.2, 0.25) is 0 Å². The Morgan fingerprint density at radius 1 is 1.45 bits per heavy atom. The van der Waals surface area contributed by atoms with Crippen molar-refractivity contribution in [1.29, 1.82) is 0 Å². The number of hydrogen-bond acceptors (Lipinski definition) is 4. The first-order valence-electron chi connectivity index (χ1n) is 6.99. The molecule has 2 aromatic heterocycles. The molecule has 0 aliphatic heterocycles. The Morgan fingerprint density at radius 2 is 2.27 bits per heavy atom. The number of aryl methyl sites for hydroxylation is 1. The Bertz CT molecular complexity index is 599. The van der Waals surface area contributed by atoms with Crippen LogP contribution in [-0.4, -0.2) is 46.5 Å². The van der Waals surface area contributed by atoms with Gasteiger partial charge in [-0.2, -0.15) is 5.10 Å². The van der Waals surface area contributed by atoms with Crippen LogP contribution < -0.4 is 5.32 Å². The van der Waals surface area contributed by atoms with Crippen molar-refractivity contribution < 1.29 is 9.53 Å². The minimum Gasteiger partial charge on any atom is -0.382 e. The molecule has 0 fully saturated rings. The van der Waals surface area contributed by atoms with E-state index in [1.807, 2.05) is 25.2 Å². The second-order valence-electron chi connectivity index (χ2n) is 5.05. The number of pyridine rings is 1. The largest absolute Gasteiger partial charge is 0.382 e. The summed E-state index contributed by atoms with van der Waals surface area (Å²) in [4.78, 5) is 18.0. The number of amides is 2. The summed E-state index contributed by atoms with van der Waals surface area (Å²) in [7, 11) is 5.19. The summed E-state index contributed by atoms with van der Waals surface area (Å²) in [5.41, 5.74) is 1.87. The van der Waals surface area contributed by atoms with Crippen molar-refractivity contribution in [3.63, 3.8) is 0 Å². The highest BCUT2D eigenvalue weighted by Crippen LogP contribution is 2.12. The van der Waals surface area contributed by atoms with Gasteiger partial charge in [0.1, 0.15) is 0 Å². The Balaban J connectivity index is 2.00. The third kappa shape index (κ3) is 4.05. The smallest absolute Gasteiger partial charge is 0.318 e. The second kappa shape index (κ2) is 7.56. The van der Waals surface area contributed by atoms with Gasteiger partial charge in [-0.3, -0.25) is 9.67 Å². The summed E-state index contributed by atoms with van der Waals surface area (Å²) in [5, 5.41) is 7.09. The first-order chi connectivity index (χ1) is 10.6. The number of urea groups is 1. The van der Waals surface area contributed by atoms with Crippen molar-refractivity contribution >= 4 is 6.03 Å². The summed E-state index contributed by atoms with van der Waals surface area (Å²) < 4.78 is 6.92. The standard InChI is InChI=1S/C15H21N5O2/c1-19(10-12-5-4-7-16-9-12)15(21)18-13(11-22-3)14-6-8-17-20(14)2/h4-9,13H,10-11H2,1-3H3,(H,18,21)/t13-/m1/s1. The molecule has 1 atom stereocenters. The molecule has 0 aliphatic carbocycles. The lowest BCUT2D eigenvalue weighted by Gasteiger charge is -2.23. The number of carbonyl (C=O) groups excluding carboxylic acids is 1. The monoisotopic (exact) mass is 303 g/mol. The number of aromatic nitrogens is 3. The third-order valence-electron chi connectivity index (χ3n) is 3.34. The first kappa shape index (κ1) is 16.0. The molecule has 118 valence electrons. The van der Waals surface area contributed by atoms with Crippen LogP contribution in [0.4, 0.5) is 4.79 Å². The lowest BCUT2D eigenvalue weighted by molar-refractivity contribution is 0.154. The number of nitrogens with one attached hydrogen (secondary N) is 1. The normalized spacial score (nSPS) is 12.0. The van der Waals surface area contributed by atoms with Gasteiger partial charge < -0.3 is 15.0 Å². The SMILES string of the molecule is COC[C@@H](NC(=O)N(C)Cc1cccnc1)c1ccnn1C. The van der Waals surface area contributed by atoms with E-state index in [0.29, 0.717) is 13.2 Å². The van der Waals surface area contributed by atoms with Crippen LogP contribution >= 0.6 is 0 Å². The molecule has 2 heterocycles. The number of hydrogen-bond donors (Lipinski definition) is 1. The van der Waals surface area contributed by atoms with E-state index in [1.54, 1.807) is 42.3 Å². The predicted octanol–water partition coefficient (Wildman–Crippen LogP) is 1.34. The summed E-state index contributed by atoms with van der Waals surface area (Å²) in [5.74, 6) is 0. The van der Waals surface area contributed by atoms with Gasteiger partial charge in [-0.05, 0) is 17.7 Å². The van der Waals surface area contributed by atoms with Gasteiger partial charge in [-0.25, -0.2) is 4.79 Å². The van der Waals surface area contributed by atoms with Crippen LogP contribution in [0.3, 0.4) is 0 Å². The van der Waals surface area contributed by atoms with E-state index >= 15 is 0 Å². The van der Waals surface area contributed by atoms with E-state index in [4.69, 9.17) is 4.74 Å². The van der Waals surface area contributed by atoms with Crippen molar-refractivity contribution in [2.24, 2.45) is 7.05 Å². The highest BCUT2D eigenvalue weighted by molar-refractivity contribution is 5.74. The van der Waals surface area contributed by atoms with Crippen LogP contribution in [0.25, 0.3) is 0 Å². The van der Waals surface area contributed by atoms with E-state index < -0.39 is 0 Å². The average molecular weight is 303 g/mol. The lowest BCUT2D eigenvalue weighted by Crippen LogP contribution is -2.41. The lowest BCUT2D eigenvalue weighted by atomic mass is 10.2. The number of ether oxygens (including phenoxy) is 1. The summed E-state index contributed by atoms with van der Waals surface area (Å²) in [6.07, 6.45) is 5.15. The maximum atomic E-state index is 12.3. The molecular weight excluding hydrogens is 282 g/mol. The predicted molar refractivity (Wildman–Crippen MR) is 82.1 cm³/mol. The van der Waals surface area contributed by atoms with E-state index in [1.165, 1.54) is 0 Å². The summed E-state index contributed by atoms with van der Waals surface area (Å²) in [6.45, 7) is 0.872. The molecule has 0 aliphatic rings. The summed E-state index contributed by atoms with van der Waals surface area (Å²) >= 11 is 0. The molecule has 0 saturated heterocycles. The molecule has 2 aromatic rings. The fourth-order valence-corrected chi connectivity index (χ4v) is 2.19. The van der Waals surface area contributed by atoms with Crippen molar-refractivity contribution in [3.8, 4) is 0 Å². The molecule has 0 spiro atoms. The van der Waals surface area contributed by atoms with Gasteiger partial charge in [0.15, 0.2) is 0 Å². The molecule has 0 saturated carbocycles. The van der Waals surface area contributed by atoms with Crippen molar-refractivity contribution in [1.82, 2.24) is 25.0 Å². The fraction of sp³-hybridized carbons (Fsp3) is 0.400. The van der Waals surface area contributed by atoms with Crippen LogP contribution in [0, 0.1) is 0 Å². The molecular formula is C15H21N5O2. The maximum absolute atomic E-state index is 12.3. The first-order valence-corrected chi connectivity index (χ1v) is 6.99. The van der Waals surface area contributed by atoms with Crippen LogP contribution in [-0.2, 0) is 18.3 Å². The van der Waals surface area contributed by atoms with Gasteiger partial charge in [-0.1, -0.05) is 6.07 Å². The number of rotatable bonds is 6. The Labute approximate surface area is 129 Å². The molecule has 2 rings (SSSR count). The molecule has 1 N–H and O–H groups in total. The van der Waals surface area contributed by atoms with Crippen LogP contribution in [0.15, 0.2) is 36.8 Å².